The van der Waals surface area contributed by atoms with E-state index >= 15 is 0 Å². The first-order chi connectivity index (χ1) is 12.0. The van der Waals surface area contributed by atoms with Crippen LogP contribution in [-0.2, 0) is 4.74 Å². The van der Waals surface area contributed by atoms with Crippen LogP contribution in [-0.4, -0.2) is 30.0 Å². The smallest absolute Gasteiger partial charge is 0.412 e. The van der Waals surface area contributed by atoms with Crippen molar-refractivity contribution < 1.29 is 24.5 Å². The number of aryl methyl sites for hydroxylation is 1. The minimum absolute atomic E-state index is 0.0123. The zero-order valence-corrected chi connectivity index (χ0v) is 14.4. The van der Waals surface area contributed by atoms with E-state index < -0.39 is 12.2 Å². The second kappa shape index (κ2) is 8.94. The van der Waals surface area contributed by atoms with E-state index in [9.17, 15) is 9.90 Å². The summed E-state index contributed by atoms with van der Waals surface area (Å²) >= 11 is 0. The van der Waals surface area contributed by atoms with Gasteiger partial charge in [0.2, 0.25) is 0 Å². The number of rotatable bonds is 7. The van der Waals surface area contributed by atoms with Crippen LogP contribution in [0, 0.1) is 6.92 Å². The zero-order valence-electron chi connectivity index (χ0n) is 14.4. The zero-order chi connectivity index (χ0) is 18.2. The predicted molar refractivity (Wildman–Crippen MR) is 95.0 cm³/mol. The van der Waals surface area contributed by atoms with Gasteiger partial charge in [-0.2, -0.15) is 0 Å². The third-order valence-corrected chi connectivity index (χ3v) is 3.75. The maximum atomic E-state index is 12.2. The largest absolute Gasteiger partial charge is 0.504 e. The number of carbonyl (C=O) groups excluding carboxylic acids is 1. The lowest BCUT2D eigenvalue weighted by Crippen LogP contribution is -2.18. The molecule has 6 nitrogen and oxygen atoms in total. The molecule has 0 fully saturated rings. The van der Waals surface area contributed by atoms with Gasteiger partial charge >= 0.3 is 6.09 Å². The molecule has 2 rings (SSSR count). The van der Waals surface area contributed by atoms with Gasteiger partial charge in [-0.1, -0.05) is 23.8 Å². The Hall–Kier alpha value is -2.73. The number of phenolic OH excluding ortho intramolecular Hbond substituents is 1. The summed E-state index contributed by atoms with van der Waals surface area (Å²) in [5.74, 6) is 0.310. The monoisotopic (exact) mass is 345 g/mol. The van der Waals surface area contributed by atoms with Crippen LogP contribution < -0.4 is 10.1 Å². The number of aliphatic hydroxyl groups is 1. The fraction of sp³-hybridized carbons (Fsp3) is 0.316. The van der Waals surface area contributed by atoms with Crippen molar-refractivity contribution in [3.8, 4) is 11.5 Å². The first kappa shape index (κ1) is 18.6. The molecule has 0 saturated heterocycles. The Morgan fingerprint density at radius 2 is 1.92 bits per heavy atom. The van der Waals surface area contributed by atoms with Gasteiger partial charge < -0.3 is 19.7 Å². The van der Waals surface area contributed by atoms with Gasteiger partial charge in [-0.3, -0.25) is 5.32 Å². The van der Waals surface area contributed by atoms with Gasteiger partial charge in [0.05, 0.1) is 7.11 Å². The van der Waals surface area contributed by atoms with E-state index in [-0.39, 0.29) is 12.4 Å². The van der Waals surface area contributed by atoms with Gasteiger partial charge in [-0.15, -0.1) is 0 Å². The number of hydrogen-bond acceptors (Lipinski definition) is 5. The van der Waals surface area contributed by atoms with Crippen molar-refractivity contribution in [2.45, 2.75) is 25.9 Å². The Morgan fingerprint density at radius 1 is 1.20 bits per heavy atom. The molecular weight excluding hydrogens is 322 g/mol. The molecule has 1 atom stereocenters. The molecule has 6 heteroatoms. The number of ether oxygens (including phenoxy) is 2. The molecule has 0 aromatic heterocycles. The maximum Gasteiger partial charge on any atom is 0.412 e. The summed E-state index contributed by atoms with van der Waals surface area (Å²) < 4.78 is 10.5. The van der Waals surface area contributed by atoms with E-state index in [4.69, 9.17) is 14.6 Å². The van der Waals surface area contributed by atoms with Crippen molar-refractivity contribution >= 4 is 11.8 Å². The van der Waals surface area contributed by atoms with Gasteiger partial charge in [0, 0.05) is 12.3 Å². The van der Waals surface area contributed by atoms with E-state index in [0.29, 0.717) is 29.8 Å². The minimum atomic E-state index is -0.595. The SMILES string of the molecule is COc1ccc([C@H](CCCO)OC(=O)Nc2ccc(C)cc2)cc1O. The van der Waals surface area contributed by atoms with Gasteiger partial charge in [0.25, 0.3) is 0 Å². The highest BCUT2D eigenvalue weighted by atomic mass is 16.6. The van der Waals surface area contributed by atoms with Crippen LogP contribution in [0.2, 0.25) is 0 Å². The number of amides is 1. The summed E-state index contributed by atoms with van der Waals surface area (Å²) in [4.78, 5) is 12.2. The highest BCUT2D eigenvalue weighted by Gasteiger charge is 2.18. The van der Waals surface area contributed by atoms with Crippen molar-refractivity contribution in [2.24, 2.45) is 0 Å². The van der Waals surface area contributed by atoms with Crippen LogP contribution in [0.5, 0.6) is 11.5 Å². The Labute approximate surface area is 147 Å². The van der Waals surface area contributed by atoms with Crippen LogP contribution in [0.1, 0.15) is 30.1 Å². The second-order valence-electron chi connectivity index (χ2n) is 5.68. The molecule has 134 valence electrons. The van der Waals surface area contributed by atoms with Crippen molar-refractivity contribution in [1.29, 1.82) is 0 Å². The minimum Gasteiger partial charge on any atom is -0.504 e. The van der Waals surface area contributed by atoms with E-state index in [0.717, 1.165) is 5.56 Å². The second-order valence-corrected chi connectivity index (χ2v) is 5.68. The van der Waals surface area contributed by atoms with Gasteiger partial charge in [-0.25, -0.2) is 4.79 Å². The first-order valence-electron chi connectivity index (χ1n) is 8.05. The highest BCUT2D eigenvalue weighted by Crippen LogP contribution is 2.32. The van der Waals surface area contributed by atoms with Crippen LogP contribution in [0.3, 0.4) is 0 Å². The van der Waals surface area contributed by atoms with E-state index in [2.05, 4.69) is 5.32 Å². The van der Waals surface area contributed by atoms with Crippen molar-refractivity contribution in [1.82, 2.24) is 0 Å². The molecule has 2 aromatic carbocycles. The van der Waals surface area contributed by atoms with Crippen LogP contribution in [0.4, 0.5) is 10.5 Å². The van der Waals surface area contributed by atoms with E-state index in [1.54, 1.807) is 24.3 Å². The number of benzene rings is 2. The molecule has 1 amide bonds. The number of nitrogens with one attached hydrogen (secondary N) is 1. The van der Waals surface area contributed by atoms with Crippen LogP contribution in [0.25, 0.3) is 0 Å². The third-order valence-electron chi connectivity index (χ3n) is 3.75. The molecule has 0 heterocycles. The average molecular weight is 345 g/mol. The van der Waals surface area contributed by atoms with Gasteiger partial charge in [0.15, 0.2) is 11.5 Å². The van der Waals surface area contributed by atoms with Gasteiger partial charge in [0.1, 0.15) is 6.10 Å². The standard InChI is InChI=1S/C19H23NO5/c1-13-5-8-15(9-6-13)20-19(23)25-17(4-3-11-21)14-7-10-18(24-2)16(22)12-14/h5-10,12,17,21-22H,3-4,11H2,1-2H3,(H,20,23)/t17-/m0/s1. The molecule has 0 saturated carbocycles. The fourth-order valence-electron chi connectivity index (χ4n) is 2.39. The van der Waals surface area contributed by atoms with Crippen LogP contribution in [0.15, 0.2) is 42.5 Å². The Kier molecular flexibility index (Phi) is 6.65. The highest BCUT2D eigenvalue weighted by molar-refractivity contribution is 5.84. The Bertz CT molecular complexity index is 699. The molecular formula is C19H23NO5. The Morgan fingerprint density at radius 3 is 2.52 bits per heavy atom. The molecule has 0 bridgehead atoms. The Balaban J connectivity index is 2.09. The molecule has 0 aliphatic carbocycles. The van der Waals surface area contributed by atoms with Gasteiger partial charge in [-0.05, 0) is 49.6 Å². The van der Waals surface area contributed by atoms with Crippen LogP contribution >= 0.6 is 0 Å². The summed E-state index contributed by atoms with van der Waals surface area (Å²) in [5.41, 5.74) is 2.35. The first-order valence-corrected chi connectivity index (χ1v) is 8.05. The molecule has 2 aromatic rings. The number of carbonyl (C=O) groups is 1. The molecule has 3 N–H and O–H groups in total. The molecule has 0 radical (unpaired) electrons. The third kappa shape index (κ3) is 5.39. The fourth-order valence-corrected chi connectivity index (χ4v) is 2.39. The number of phenols is 1. The molecule has 0 aliphatic heterocycles. The summed E-state index contributed by atoms with van der Waals surface area (Å²) in [6, 6.07) is 12.2. The lowest BCUT2D eigenvalue weighted by atomic mass is 10.0. The summed E-state index contributed by atoms with van der Waals surface area (Å²) in [6.07, 6.45) is -0.282. The van der Waals surface area contributed by atoms with Crippen molar-refractivity contribution in [3.05, 3.63) is 53.6 Å². The molecule has 0 unspecified atom stereocenters. The number of anilines is 1. The lowest BCUT2D eigenvalue weighted by molar-refractivity contribution is 0.0993. The van der Waals surface area contributed by atoms with E-state index in [1.807, 2.05) is 19.1 Å². The molecule has 0 aliphatic rings. The number of aromatic hydroxyl groups is 1. The summed E-state index contributed by atoms with van der Waals surface area (Å²) in [5, 5.41) is 21.7. The van der Waals surface area contributed by atoms with Crippen molar-refractivity contribution in [3.63, 3.8) is 0 Å². The topological polar surface area (TPSA) is 88.0 Å². The quantitative estimate of drug-likeness (QED) is 0.711. The number of hydrogen-bond donors (Lipinski definition) is 3. The molecule has 0 spiro atoms. The maximum absolute atomic E-state index is 12.2. The van der Waals surface area contributed by atoms with Crippen molar-refractivity contribution in [2.75, 3.05) is 19.0 Å². The lowest BCUT2D eigenvalue weighted by Gasteiger charge is -2.19. The number of methoxy groups -OCH3 is 1. The average Bonchev–Trinajstić information content (AvgIpc) is 2.60. The summed E-state index contributed by atoms with van der Waals surface area (Å²) in [6.45, 7) is 1.95. The van der Waals surface area contributed by atoms with E-state index in [1.165, 1.54) is 13.2 Å². The predicted octanol–water partition coefficient (Wildman–Crippen LogP) is 3.77. The summed E-state index contributed by atoms with van der Waals surface area (Å²) in [7, 11) is 1.46. The molecule has 25 heavy (non-hydrogen) atoms. The number of aliphatic hydroxyl groups excluding tert-OH is 1. The normalized spacial score (nSPS) is 11.6.